The Morgan fingerprint density at radius 2 is 2.00 bits per heavy atom. The number of imidazole rings is 1. The lowest BCUT2D eigenvalue weighted by Crippen LogP contribution is -2.24. The van der Waals surface area contributed by atoms with Crippen LogP contribution in [-0.2, 0) is 13.5 Å². The van der Waals surface area contributed by atoms with Crippen LogP contribution in [0.2, 0.25) is 0 Å². The Morgan fingerprint density at radius 1 is 1.30 bits per heavy atom. The van der Waals surface area contributed by atoms with Crippen molar-refractivity contribution in [2.24, 2.45) is 7.05 Å². The normalized spacial score (nSPS) is 12.6. The van der Waals surface area contributed by atoms with Gasteiger partial charge in [0.25, 0.3) is 0 Å². The van der Waals surface area contributed by atoms with E-state index in [1.165, 1.54) is 18.2 Å². The summed E-state index contributed by atoms with van der Waals surface area (Å²) in [5.41, 5.74) is 0.114. The van der Waals surface area contributed by atoms with Crippen LogP contribution in [0.3, 0.4) is 0 Å². The molecule has 0 aliphatic rings. The lowest BCUT2D eigenvalue weighted by Gasteiger charge is -2.19. The van der Waals surface area contributed by atoms with Gasteiger partial charge in [-0.25, -0.2) is 13.8 Å². The molecule has 1 aromatic heterocycles. The van der Waals surface area contributed by atoms with E-state index in [1.807, 2.05) is 24.7 Å². The van der Waals surface area contributed by atoms with Gasteiger partial charge in [0.15, 0.2) is 0 Å². The minimum absolute atomic E-state index is 0.114. The van der Waals surface area contributed by atoms with Crippen LogP contribution >= 0.6 is 0 Å². The Bertz CT molecular complexity index is 546. The molecule has 0 aliphatic heterocycles. The van der Waals surface area contributed by atoms with E-state index < -0.39 is 11.6 Å². The zero-order valence-electron chi connectivity index (χ0n) is 11.7. The molecule has 1 atom stereocenters. The summed E-state index contributed by atoms with van der Waals surface area (Å²) in [6.07, 6.45) is 4.84. The van der Waals surface area contributed by atoms with Gasteiger partial charge in [-0.3, -0.25) is 0 Å². The lowest BCUT2D eigenvalue weighted by atomic mass is 10.0. The van der Waals surface area contributed by atoms with Crippen LogP contribution in [0.4, 0.5) is 8.78 Å². The van der Waals surface area contributed by atoms with Crippen molar-refractivity contribution < 1.29 is 8.78 Å². The molecule has 20 heavy (non-hydrogen) atoms. The SMILES string of the molecule is CCNC(CCc1nccn1C)c1c(F)cccc1F. The van der Waals surface area contributed by atoms with Crippen LogP contribution in [0.1, 0.15) is 30.8 Å². The molecule has 0 saturated carbocycles. The van der Waals surface area contributed by atoms with E-state index in [0.29, 0.717) is 19.4 Å². The van der Waals surface area contributed by atoms with E-state index in [1.54, 1.807) is 6.20 Å². The van der Waals surface area contributed by atoms with Crippen molar-refractivity contribution in [2.45, 2.75) is 25.8 Å². The van der Waals surface area contributed by atoms with Gasteiger partial charge >= 0.3 is 0 Å². The van der Waals surface area contributed by atoms with Gasteiger partial charge in [0.2, 0.25) is 0 Å². The molecule has 1 unspecified atom stereocenters. The van der Waals surface area contributed by atoms with Gasteiger partial charge in [0.1, 0.15) is 17.5 Å². The van der Waals surface area contributed by atoms with Gasteiger partial charge in [-0.1, -0.05) is 13.0 Å². The molecule has 108 valence electrons. The lowest BCUT2D eigenvalue weighted by molar-refractivity contribution is 0.450. The summed E-state index contributed by atoms with van der Waals surface area (Å²) in [4.78, 5) is 4.23. The first kappa shape index (κ1) is 14.7. The molecule has 0 bridgehead atoms. The predicted molar refractivity (Wildman–Crippen MR) is 74.3 cm³/mol. The van der Waals surface area contributed by atoms with Crippen molar-refractivity contribution in [1.29, 1.82) is 0 Å². The van der Waals surface area contributed by atoms with Crippen molar-refractivity contribution >= 4 is 0 Å². The first-order chi connectivity index (χ1) is 9.63. The molecule has 2 aromatic rings. The van der Waals surface area contributed by atoms with Gasteiger partial charge in [0.05, 0.1) is 0 Å². The number of rotatable bonds is 6. The standard InChI is InChI=1S/C15H19F2N3/c1-3-18-13(7-8-14-19-9-10-20(14)2)15-11(16)5-4-6-12(15)17/h4-6,9-10,13,18H,3,7-8H2,1-2H3. The number of benzene rings is 1. The second-order valence-electron chi connectivity index (χ2n) is 4.74. The number of aryl methyl sites for hydroxylation is 2. The van der Waals surface area contributed by atoms with E-state index in [-0.39, 0.29) is 11.6 Å². The molecule has 2 rings (SSSR count). The summed E-state index contributed by atoms with van der Waals surface area (Å²) in [5, 5.41) is 3.15. The fourth-order valence-electron chi connectivity index (χ4n) is 2.35. The highest BCUT2D eigenvalue weighted by Gasteiger charge is 2.19. The topological polar surface area (TPSA) is 29.9 Å². The van der Waals surface area contributed by atoms with E-state index in [9.17, 15) is 8.78 Å². The van der Waals surface area contributed by atoms with Gasteiger partial charge in [-0.05, 0) is 25.1 Å². The Labute approximate surface area is 117 Å². The summed E-state index contributed by atoms with van der Waals surface area (Å²) >= 11 is 0. The fraction of sp³-hybridized carbons (Fsp3) is 0.400. The average molecular weight is 279 g/mol. The predicted octanol–water partition coefficient (Wildman–Crippen LogP) is 2.98. The molecule has 0 aliphatic carbocycles. The molecular weight excluding hydrogens is 260 g/mol. The molecular formula is C15H19F2N3. The Morgan fingerprint density at radius 3 is 2.55 bits per heavy atom. The van der Waals surface area contributed by atoms with E-state index >= 15 is 0 Å². The van der Waals surface area contributed by atoms with E-state index in [4.69, 9.17) is 0 Å². The van der Waals surface area contributed by atoms with Crippen LogP contribution in [0.25, 0.3) is 0 Å². The van der Waals surface area contributed by atoms with Gasteiger partial charge in [-0.2, -0.15) is 0 Å². The zero-order chi connectivity index (χ0) is 14.5. The van der Waals surface area contributed by atoms with Crippen LogP contribution in [0, 0.1) is 11.6 Å². The summed E-state index contributed by atoms with van der Waals surface area (Å²) in [6.45, 7) is 2.57. The van der Waals surface area contributed by atoms with Crippen molar-refractivity contribution in [3.63, 3.8) is 0 Å². The minimum Gasteiger partial charge on any atom is -0.338 e. The molecule has 1 heterocycles. The van der Waals surface area contributed by atoms with Crippen LogP contribution < -0.4 is 5.32 Å². The highest BCUT2D eigenvalue weighted by Crippen LogP contribution is 2.24. The molecule has 0 saturated heterocycles. The largest absolute Gasteiger partial charge is 0.338 e. The first-order valence-electron chi connectivity index (χ1n) is 6.77. The number of hydrogen-bond acceptors (Lipinski definition) is 2. The molecule has 0 amide bonds. The fourth-order valence-corrected chi connectivity index (χ4v) is 2.35. The van der Waals surface area contributed by atoms with Crippen LogP contribution in [0.15, 0.2) is 30.6 Å². The van der Waals surface area contributed by atoms with Crippen molar-refractivity contribution in [2.75, 3.05) is 6.54 Å². The van der Waals surface area contributed by atoms with Crippen LogP contribution in [0.5, 0.6) is 0 Å². The molecule has 0 radical (unpaired) electrons. The number of hydrogen-bond donors (Lipinski definition) is 1. The van der Waals surface area contributed by atoms with Gasteiger partial charge in [-0.15, -0.1) is 0 Å². The third kappa shape index (κ3) is 3.22. The molecule has 0 fully saturated rings. The summed E-state index contributed by atoms with van der Waals surface area (Å²) in [5.74, 6) is -0.101. The monoisotopic (exact) mass is 279 g/mol. The highest BCUT2D eigenvalue weighted by molar-refractivity contribution is 5.23. The average Bonchev–Trinajstić information content (AvgIpc) is 2.81. The maximum atomic E-state index is 13.9. The molecule has 1 aromatic carbocycles. The Hall–Kier alpha value is -1.75. The molecule has 3 nitrogen and oxygen atoms in total. The van der Waals surface area contributed by atoms with Crippen molar-refractivity contribution in [1.82, 2.24) is 14.9 Å². The number of aromatic nitrogens is 2. The third-order valence-electron chi connectivity index (χ3n) is 3.38. The highest BCUT2D eigenvalue weighted by atomic mass is 19.1. The van der Waals surface area contributed by atoms with Gasteiger partial charge < -0.3 is 9.88 Å². The van der Waals surface area contributed by atoms with E-state index in [2.05, 4.69) is 10.3 Å². The zero-order valence-corrected chi connectivity index (χ0v) is 11.7. The van der Waals surface area contributed by atoms with Crippen molar-refractivity contribution in [3.8, 4) is 0 Å². The summed E-state index contributed by atoms with van der Waals surface area (Å²) < 4.78 is 29.7. The Balaban J connectivity index is 2.17. The molecule has 1 N–H and O–H groups in total. The number of halogens is 2. The maximum absolute atomic E-state index is 13.9. The second-order valence-corrected chi connectivity index (χ2v) is 4.74. The van der Waals surface area contributed by atoms with Gasteiger partial charge in [0, 0.05) is 37.5 Å². The van der Waals surface area contributed by atoms with E-state index in [0.717, 1.165) is 5.82 Å². The summed E-state index contributed by atoms with van der Waals surface area (Å²) in [6, 6.07) is 3.63. The van der Waals surface area contributed by atoms with Crippen LogP contribution in [-0.4, -0.2) is 16.1 Å². The minimum atomic E-state index is -0.504. The summed E-state index contributed by atoms with van der Waals surface area (Å²) in [7, 11) is 1.91. The number of nitrogens with one attached hydrogen (secondary N) is 1. The third-order valence-corrected chi connectivity index (χ3v) is 3.38. The van der Waals surface area contributed by atoms with Crippen molar-refractivity contribution in [3.05, 3.63) is 53.6 Å². The number of nitrogens with zero attached hydrogens (tertiary/aromatic N) is 2. The second kappa shape index (κ2) is 6.61. The molecule has 0 spiro atoms. The first-order valence-corrected chi connectivity index (χ1v) is 6.77. The Kier molecular flexibility index (Phi) is 4.84. The molecule has 5 heteroatoms. The quantitative estimate of drug-likeness (QED) is 0.881. The maximum Gasteiger partial charge on any atom is 0.130 e. The smallest absolute Gasteiger partial charge is 0.130 e.